The fraction of sp³-hybridized carbons (Fsp3) is 0.538. The van der Waals surface area contributed by atoms with Crippen LogP contribution >= 0.6 is 11.6 Å². The molecule has 1 amide bonds. The Hall–Kier alpha value is -1.13. The van der Waals surface area contributed by atoms with E-state index in [0.717, 1.165) is 19.6 Å². The Balaban J connectivity index is 2.54. The molecule has 0 aliphatic carbocycles. The zero-order valence-corrected chi connectivity index (χ0v) is 11.9. The number of nitrogens with zero attached hydrogens (tertiary/aromatic N) is 2. The number of aromatic nitrogens is 1. The van der Waals surface area contributed by atoms with Gasteiger partial charge in [-0.25, -0.2) is 0 Å². The minimum atomic E-state index is -0.183. The molecule has 1 aromatic heterocycles. The number of amides is 1. The molecule has 0 radical (unpaired) electrons. The van der Waals surface area contributed by atoms with Crippen molar-refractivity contribution in [3.05, 3.63) is 29.0 Å². The van der Waals surface area contributed by atoms with Crippen LogP contribution in [0.1, 0.15) is 31.3 Å². The maximum absolute atomic E-state index is 11.9. The van der Waals surface area contributed by atoms with Crippen LogP contribution in [0.2, 0.25) is 5.02 Å². The summed E-state index contributed by atoms with van der Waals surface area (Å²) >= 11 is 5.83. The summed E-state index contributed by atoms with van der Waals surface area (Å²) in [6.07, 6.45) is 1.53. The van der Waals surface area contributed by atoms with Crippen molar-refractivity contribution < 1.29 is 4.79 Å². The van der Waals surface area contributed by atoms with Gasteiger partial charge < -0.3 is 10.2 Å². The van der Waals surface area contributed by atoms with Crippen molar-refractivity contribution in [1.29, 1.82) is 0 Å². The maximum Gasteiger partial charge on any atom is 0.270 e. The lowest BCUT2D eigenvalue weighted by Gasteiger charge is -2.23. The molecule has 0 bridgehead atoms. The third-order valence-corrected chi connectivity index (χ3v) is 2.99. The topological polar surface area (TPSA) is 45.2 Å². The van der Waals surface area contributed by atoms with E-state index in [-0.39, 0.29) is 11.9 Å². The zero-order chi connectivity index (χ0) is 13.5. The number of hydrogen-bond acceptors (Lipinski definition) is 3. The Morgan fingerprint density at radius 3 is 2.72 bits per heavy atom. The van der Waals surface area contributed by atoms with Gasteiger partial charge in [0.15, 0.2) is 0 Å². The minimum Gasteiger partial charge on any atom is -0.347 e. The van der Waals surface area contributed by atoms with Crippen molar-refractivity contribution in [3.63, 3.8) is 0 Å². The molecular weight excluding hydrogens is 250 g/mol. The number of nitrogens with one attached hydrogen (secondary N) is 1. The Morgan fingerprint density at radius 1 is 1.50 bits per heavy atom. The lowest BCUT2D eigenvalue weighted by Crippen LogP contribution is -2.42. The van der Waals surface area contributed by atoms with Crippen molar-refractivity contribution in [2.45, 2.75) is 26.8 Å². The lowest BCUT2D eigenvalue weighted by atomic mass is 10.2. The van der Waals surface area contributed by atoms with Crippen LogP contribution in [0, 0.1) is 0 Å². The third-order valence-electron chi connectivity index (χ3n) is 2.76. The number of carbonyl (C=O) groups excluding carboxylic acids is 1. The Kier molecular flexibility index (Phi) is 6.09. The highest BCUT2D eigenvalue weighted by Gasteiger charge is 2.13. The Bertz CT molecular complexity index is 394. The molecule has 1 atom stereocenters. The molecule has 0 saturated heterocycles. The van der Waals surface area contributed by atoms with E-state index in [0.29, 0.717) is 10.7 Å². The molecule has 4 nitrogen and oxygen atoms in total. The van der Waals surface area contributed by atoms with E-state index in [1.165, 1.54) is 6.20 Å². The smallest absolute Gasteiger partial charge is 0.270 e. The normalized spacial score (nSPS) is 12.5. The molecule has 0 aromatic carbocycles. The molecule has 0 fully saturated rings. The highest BCUT2D eigenvalue weighted by atomic mass is 35.5. The second-order valence-electron chi connectivity index (χ2n) is 4.22. The quantitative estimate of drug-likeness (QED) is 0.861. The van der Waals surface area contributed by atoms with E-state index in [2.05, 4.69) is 29.0 Å². The van der Waals surface area contributed by atoms with Crippen LogP contribution in [0.4, 0.5) is 0 Å². The minimum absolute atomic E-state index is 0.0816. The highest BCUT2D eigenvalue weighted by molar-refractivity contribution is 6.30. The molecule has 1 rings (SSSR count). The summed E-state index contributed by atoms with van der Waals surface area (Å²) < 4.78 is 0. The molecule has 1 heterocycles. The first-order valence-corrected chi connectivity index (χ1v) is 6.59. The van der Waals surface area contributed by atoms with Crippen LogP contribution in [-0.2, 0) is 0 Å². The van der Waals surface area contributed by atoms with E-state index in [9.17, 15) is 4.79 Å². The van der Waals surface area contributed by atoms with Crippen LogP contribution in [0.3, 0.4) is 0 Å². The van der Waals surface area contributed by atoms with Crippen molar-refractivity contribution in [2.24, 2.45) is 0 Å². The number of likely N-dealkylation sites (N-methyl/N-ethyl adjacent to an activating group) is 1. The van der Waals surface area contributed by atoms with E-state index in [4.69, 9.17) is 11.6 Å². The molecule has 1 aromatic rings. The summed E-state index contributed by atoms with van der Waals surface area (Å²) in [5.74, 6) is -0.183. The van der Waals surface area contributed by atoms with Crippen molar-refractivity contribution in [1.82, 2.24) is 15.2 Å². The highest BCUT2D eigenvalue weighted by Crippen LogP contribution is 2.08. The van der Waals surface area contributed by atoms with Gasteiger partial charge in [0.25, 0.3) is 5.91 Å². The Labute approximate surface area is 113 Å². The van der Waals surface area contributed by atoms with Crippen LogP contribution in [-0.4, -0.2) is 41.5 Å². The van der Waals surface area contributed by atoms with Crippen LogP contribution < -0.4 is 5.32 Å². The van der Waals surface area contributed by atoms with E-state index < -0.39 is 0 Å². The van der Waals surface area contributed by atoms with E-state index in [1.54, 1.807) is 12.1 Å². The Morgan fingerprint density at radius 2 is 2.17 bits per heavy atom. The zero-order valence-electron chi connectivity index (χ0n) is 11.1. The number of halogens is 1. The third kappa shape index (κ3) is 4.63. The summed E-state index contributed by atoms with van der Waals surface area (Å²) in [7, 11) is 0. The SMILES string of the molecule is CCN(CC)CC(C)NC(=O)c1cc(Cl)ccn1. The van der Waals surface area contributed by atoms with Gasteiger partial charge in [0.1, 0.15) is 5.69 Å². The first-order valence-electron chi connectivity index (χ1n) is 6.21. The summed E-state index contributed by atoms with van der Waals surface area (Å²) in [6.45, 7) is 8.99. The van der Waals surface area contributed by atoms with Gasteiger partial charge in [0, 0.05) is 23.8 Å². The second kappa shape index (κ2) is 7.34. The summed E-state index contributed by atoms with van der Waals surface area (Å²) in [4.78, 5) is 18.2. The predicted molar refractivity (Wildman–Crippen MR) is 74.0 cm³/mol. The summed E-state index contributed by atoms with van der Waals surface area (Å²) in [5.41, 5.74) is 0.355. The van der Waals surface area contributed by atoms with Gasteiger partial charge in [0.2, 0.25) is 0 Å². The number of pyridine rings is 1. The molecule has 1 N–H and O–H groups in total. The fourth-order valence-electron chi connectivity index (χ4n) is 1.74. The molecule has 100 valence electrons. The monoisotopic (exact) mass is 269 g/mol. The average Bonchev–Trinajstić information content (AvgIpc) is 2.35. The molecule has 0 aliphatic rings. The number of rotatable bonds is 6. The largest absolute Gasteiger partial charge is 0.347 e. The van der Waals surface area contributed by atoms with Crippen molar-refractivity contribution in [2.75, 3.05) is 19.6 Å². The van der Waals surface area contributed by atoms with Crippen LogP contribution in [0.25, 0.3) is 0 Å². The summed E-state index contributed by atoms with van der Waals surface area (Å²) in [5, 5.41) is 3.44. The number of hydrogen-bond donors (Lipinski definition) is 1. The molecule has 18 heavy (non-hydrogen) atoms. The molecule has 0 spiro atoms. The van der Waals surface area contributed by atoms with Gasteiger partial charge in [0.05, 0.1) is 0 Å². The van der Waals surface area contributed by atoms with E-state index >= 15 is 0 Å². The standard InChI is InChI=1S/C13H20ClN3O/c1-4-17(5-2)9-10(3)16-13(18)12-8-11(14)6-7-15-12/h6-8,10H,4-5,9H2,1-3H3,(H,16,18). The first-order chi connectivity index (χ1) is 8.56. The molecule has 5 heteroatoms. The molecule has 0 aliphatic heterocycles. The van der Waals surface area contributed by atoms with Crippen LogP contribution in [0.5, 0.6) is 0 Å². The molecule has 1 unspecified atom stereocenters. The lowest BCUT2D eigenvalue weighted by molar-refractivity contribution is 0.0925. The predicted octanol–water partition coefficient (Wildman–Crippen LogP) is 2.20. The molecule has 0 saturated carbocycles. The fourth-order valence-corrected chi connectivity index (χ4v) is 1.90. The second-order valence-corrected chi connectivity index (χ2v) is 4.66. The van der Waals surface area contributed by atoms with Crippen molar-refractivity contribution in [3.8, 4) is 0 Å². The number of carbonyl (C=O) groups is 1. The van der Waals surface area contributed by atoms with Gasteiger partial charge in [-0.1, -0.05) is 25.4 Å². The first kappa shape index (κ1) is 14.9. The van der Waals surface area contributed by atoms with Gasteiger partial charge in [-0.05, 0) is 32.1 Å². The van der Waals surface area contributed by atoms with Gasteiger partial charge >= 0.3 is 0 Å². The van der Waals surface area contributed by atoms with Crippen molar-refractivity contribution >= 4 is 17.5 Å². The average molecular weight is 270 g/mol. The van der Waals surface area contributed by atoms with Gasteiger partial charge in [-0.15, -0.1) is 0 Å². The van der Waals surface area contributed by atoms with E-state index in [1.807, 2.05) is 6.92 Å². The maximum atomic E-state index is 11.9. The molecular formula is C13H20ClN3O. The van der Waals surface area contributed by atoms with Gasteiger partial charge in [-0.2, -0.15) is 0 Å². The van der Waals surface area contributed by atoms with Crippen LogP contribution in [0.15, 0.2) is 18.3 Å². The van der Waals surface area contributed by atoms with Gasteiger partial charge in [-0.3, -0.25) is 9.78 Å². The summed E-state index contributed by atoms with van der Waals surface area (Å²) in [6, 6.07) is 3.30.